The third kappa shape index (κ3) is 4.26. The summed E-state index contributed by atoms with van der Waals surface area (Å²) in [6.07, 6.45) is -4.93. The van der Waals surface area contributed by atoms with E-state index in [-0.39, 0.29) is 16.1 Å². The lowest BCUT2D eigenvalue weighted by molar-refractivity contribution is -0.159. The molecule has 6 nitrogen and oxygen atoms in total. The van der Waals surface area contributed by atoms with Gasteiger partial charge in [-0.05, 0) is 18.2 Å². The van der Waals surface area contributed by atoms with Crippen LogP contribution >= 0.6 is 11.6 Å². The Bertz CT molecular complexity index is 1090. The molecule has 0 atom stereocenters. The molecule has 158 valence electrons. The highest BCUT2D eigenvalue weighted by atomic mass is 35.5. The summed E-state index contributed by atoms with van der Waals surface area (Å²) in [6.45, 7) is -0.510. The van der Waals surface area contributed by atoms with Crippen molar-refractivity contribution < 1.29 is 36.1 Å². The minimum absolute atomic E-state index is 0.0741. The van der Waals surface area contributed by atoms with Gasteiger partial charge < -0.3 is 4.52 Å². The van der Waals surface area contributed by atoms with Crippen LogP contribution in [0.2, 0.25) is 5.02 Å². The van der Waals surface area contributed by atoms with Crippen molar-refractivity contribution in [2.24, 2.45) is 0 Å². The van der Waals surface area contributed by atoms with Gasteiger partial charge in [0.05, 0.1) is 29.8 Å². The number of hydrogen-bond acceptors (Lipinski definition) is 5. The Morgan fingerprint density at radius 1 is 1.17 bits per heavy atom. The molecule has 0 saturated carbocycles. The number of halogens is 6. The maximum absolute atomic E-state index is 14.5. The third-order valence-corrected chi connectivity index (χ3v) is 4.27. The maximum atomic E-state index is 14.5. The van der Waals surface area contributed by atoms with Crippen molar-refractivity contribution in [1.29, 1.82) is 0 Å². The van der Waals surface area contributed by atoms with Crippen LogP contribution in [0, 0.1) is 11.6 Å². The molecule has 1 heterocycles. The Morgan fingerprint density at radius 3 is 2.47 bits per heavy atom. The summed E-state index contributed by atoms with van der Waals surface area (Å²) >= 11 is 5.96. The van der Waals surface area contributed by atoms with E-state index in [2.05, 4.69) is 14.7 Å². The zero-order valence-electron chi connectivity index (χ0n) is 15.0. The molecule has 0 unspecified atom stereocenters. The van der Waals surface area contributed by atoms with Gasteiger partial charge in [0.1, 0.15) is 0 Å². The van der Waals surface area contributed by atoms with Gasteiger partial charge in [0.2, 0.25) is 5.82 Å². The minimum Gasteiger partial charge on any atom is -0.329 e. The third-order valence-electron chi connectivity index (χ3n) is 3.94. The van der Waals surface area contributed by atoms with Gasteiger partial charge in [-0.15, -0.1) is 0 Å². The standard InChI is InChI=1S/C18H11ClF5N3O3/c1-29-27(16(28)10-4-2-3-5-12(10)19)8-9-6-7-11(14(21)13(9)20)15-25-17(30-26-15)18(22,23)24/h2-7H,8H2,1H3. The molecule has 1 aromatic heterocycles. The van der Waals surface area contributed by atoms with Crippen LogP contribution in [0.5, 0.6) is 0 Å². The molecule has 0 aliphatic rings. The molecule has 3 rings (SSSR count). The van der Waals surface area contributed by atoms with Crippen molar-refractivity contribution in [2.45, 2.75) is 12.7 Å². The van der Waals surface area contributed by atoms with Crippen LogP contribution in [-0.2, 0) is 17.6 Å². The number of benzene rings is 2. The second kappa shape index (κ2) is 8.36. The summed E-state index contributed by atoms with van der Waals surface area (Å²) in [5.41, 5.74) is -0.875. The van der Waals surface area contributed by atoms with Crippen LogP contribution in [0.3, 0.4) is 0 Å². The zero-order chi connectivity index (χ0) is 22.1. The first-order valence-electron chi connectivity index (χ1n) is 8.12. The van der Waals surface area contributed by atoms with Gasteiger partial charge in [-0.25, -0.2) is 13.8 Å². The number of hydrogen-bond donors (Lipinski definition) is 0. The number of rotatable bonds is 5. The summed E-state index contributed by atoms with van der Waals surface area (Å²) < 4.78 is 70.7. The Morgan fingerprint density at radius 2 is 1.87 bits per heavy atom. The largest absolute Gasteiger partial charge is 0.471 e. The van der Waals surface area contributed by atoms with Gasteiger partial charge in [0, 0.05) is 5.56 Å². The molecular formula is C18H11ClF5N3O3. The molecule has 0 N–H and O–H groups in total. The van der Waals surface area contributed by atoms with E-state index in [0.29, 0.717) is 0 Å². The van der Waals surface area contributed by atoms with E-state index >= 15 is 0 Å². The number of carbonyl (C=O) groups is 1. The lowest BCUT2D eigenvalue weighted by atomic mass is 10.1. The van der Waals surface area contributed by atoms with Crippen molar-refractivity contribution in [1.82, 2.24) is 15.2 Å². The fourth-order valence-electron chi connectivity index (χ4n) is 2.48. The second-order valence-corrected chi connectivity index (χ2v) is 6.23. The number of amides is 1. The maximum Gasteiger partial charge on any atom is 0.471 e. The molecule has 0 fully saturated rings. The van der Waals surface area contributed by atoms with Crippen molar-refractivity contribution in [2.75, 3.05) is 7.11 Å². The van der Waals surface area contributed by atoms with Gasteiger partial charge in [-0.2, -0.15) is 18.2 Å². The molecule has 0 saturated heterocycles. The molecule has 0 radical (unpaired) electrons. The van der Waals surface area contributed by atoms with Gasteiger partial charge in [0.25, 0.3) is 5.91 Å². The van der Waals surface area contributed by atoms with Crippen molar-refractivity contribution in [3.05, 3.63) is 70.1 Å². The zero-order valence-corrected chi connectivity index (χ0v) is 15.8. The van der Waals surface area contributed by atoms with Crippen LogP contribution in [0.1, 0.15) is 21.8 Å². The molecule has 0 spiro atoms. The Balaban J connectivity index is 1.89. The highest BCUT2D eigenvalue weighted by molar-refractivity contribution is 6.33. The molecule has 30 heavy (non-hydrogen) atoms. The van der Waals surface area contributed by atoms with E-state index in [1.54, 1.807) is 12.1 Å². The SMILES string of the molecule is CON(Cc1ccc(-c2noc(C(F)(F)F)n2)c(F)c1F)C(=O)c1ccccc1Cl. The fourth-order valence-corrected chi connectivity index (χ4v) is 2.69. The van der Waals surface area contributed by atoms with Crippen LogP contribution in [-0.4, -0.2) is 28.2 Å². The van der Waals surface area contributed by atoms with Crippen LogP contribution in [0.4, 0.5) is 22.0 Å². The summed E-state index contributed by atoms with van der Waals surface area (Å²) in [5, 5.41) is 3.90. The smallest absolute Gasteiger partial charge is 0.329 e. The van der Waals surface area contributed by atoms with Crippen molar-refractivity contribution in [3.63, 3.8) is 0 Å². The summed E-state index contributed by atoms with van der Waals surface area (Å²) in [4.78, 5) is 20.5. The number of alkyl halides is 3. The van der Waals surface area contributed by atoms with Crippen LogP contribution < -0.4 is 0 Å². The average Bonchev–Trinajstić information content (AvgIpc) is 3.19. The van der Waals surface area contributed by atoms with E-state index in [1.165, 1.54) is 12.1 Å². The van der Waals surface area contributed by atoms with Gasteiger partial charge >= 0.3 is 12.1 Å². The second-order valence-electron chi connectivity index (χ2n) is 5.83. The topological polar surface area (TPSA) is 68.5 Å². The summed E-state index contributed by atoms with van der Waals surface area (Å²) in [7, 11) is 1.15. The molecule has 3 aromatic rings. The van der Waals surface area contributed by atoms with E-state index in [0.717, 1.165) is 24.3 Å². The quantitative estimate of drug-likeness (QED) is 0.411. The number of aromatic nitrogens is 2. The average molecular weight is 448 g/mol. The fraction of sp³-hybridized carbons (Fsp3) is 0.167. The molecule has 12 heteroatoms. The van der Waals surface area contributed by atoms with Gasteiger partial charge in [0.15, 0.2) is 11.6 Å². The Hall–Kier alpha value is -3.05. The Labute approximate surface area is 170 Å². The summed E-state index contributed by atoms with van der Waals surface area (Å²) in [6, 6.07) is 8.08. The van der Waals surface area contributed by atoms with E-state index < -0.39 is 47.5 Å². The van der Waals surface area contributed by atoms with Crippen molar-refractivity contribution >= 4 is 17.5 Å². The monoisotopic (exact) mass is 447 g/mol. The predicted octanol–water partition coefficient (Wildman–Crippen LogP) is 4.89. The molecule has 2 aromatic carbocycles. The predicted molar refractivity (Wildman–Crippen MR) is 93.0 cm³/mol. The lowest BCUT2D eigenvalue weighted by Crippen LogP contribution is -2.30. The van der Waals surface area contributed by atoms with E-state index in [4.69, 9.17) is 16.4 Å². The Kier molecular flexibility index (Phi) is 6.04. The molecular weight excluding hydrogens is 437 g/mol. The first kappa shape index (κ1) is 21.7. The first-order valence-corrected chi connectivity index (χ1v) is 8.50. The number of nitrogens with zero attached hydrogens (tertiary/aromatic N) is 3. The van der Waals surface area contributed by atoms with Crippen LogP contribution in [0.15, 0.2) is 40.9 Å². The normalized spacial score (nSPS) is 11.6. The van der Waals surface area contributed by atoms with Crippen LogP contribution in [0.25, 0.3) is 11.4 Å². The number of carbonyl (C=O) groups excluding carboxylic acids is 1. The number of hydroxylamine groups is 2. The first-order chi connectivity index (χ1) is 14.1. The minimum atomic E-state index is -4.93. The molecule has 0 aliphatic heterocycles. The summed E-state index contributed by atoms with van der Waals surface area (Å²) in [5.74, 6) is -6.11. The molecule has 0 aliphatic carbocycles. The highest BCUT2D eigenvalue weighted by Gasteiger charge is 2.39. The molecule has 0 bridgehead atoms. The van der Waals surface area contributed by atoms with E-state index in [1.807, 2.05) is 0 Å². The van der Waals surface area contributed by atoms with E-state index in [9.17, 15) is 26.7 Å². The van der Waals surface area contributed by atoms with Gasteiger partial charge in [-0.1, -0.05) is 35.0 Å². The lowest BCUT2D eigenvalue weighted by Gasteiger charge is -2.21. The highest BCUT2D eigenvalue weighted by Crippen LogP contribution is 2.31. The van der Waals surface area contributed by atoms with Crippen molar-refractivity contribution in [3.8, 4) is 11.4 Å². The van der Waals surface area contributed by atoms with Gasteiger partial charge in [-0.3, -0.25) is 9.63 Å². The molecule has 1 amide bonds.